The zero-order chi connectivity index (χ0) is 18.9. The van der Waals surface area contributed by atoms with Gasteiger partial charge in [-0.2, -0.15) is 0 Å². The summed E-state index contributed by atoms with van der Waals surface area (Å²) in [6.07, 6.45) is 7.03. The topological polar surface area (TPSA) is 71.3 Å². The zero-order valence-electron chi connectivity index (χ0n) is 15.4. The first kappa shape index (κ1) is 19.5. The van der Waals surface area contributed by atoms with Gasteiger partial charge in [0.05, 0.1) is 17.8 Å². The number of anilines is 1. The first-order valence-corrected chi connectivity index (χ1v) is 10.6. The molecular formula is C21H26N2O3S. The molecule has 0 bridgehead atoms. The predicted molar refractivity (Wildman–Crippen MR) is 109 cm³/mol. The van der Waals surface area contributed by atoms with Crippen molar-refractivity contribution in [1.82, 2.24) is 5.32 Å². The second-order valence-corrected chi connectivity index (χ2v) is 7.89. The van der Waals surface area contributed by atoms with Crippen molar-refractivity contribution in [3.63, 3.8) is 0 Å². The lowest BCUT2D eigenvalue weighted by atomic mass is 9.82. The second-order valence-electron chi connectivity index (χ2n) is 6.91. The van der Waals surface area contributed by atoms with Crippen LogP contribution in [0.3, 0.4) is 0 Å². The van der Waals surface area contributed by atoms with Crippen molar-refractivity contribution < 1.29 is 14.0 Å². The summed E-state index contributed by atoms with van der Waals surface area (Å²) < 4.78 is 5.47. The van der Waals surface area contributed by atoms with Crippen LogP contribution in [0, 0.1) is 5.92 Å². The van der Waals surface area contributed by atoms with Gasteiger partial charge < -0.3 is 15.1 Å². The largest absolute Gasteiger partial charge is 0.469 e. The molecule has 1 aliphatic rings. The molecule has 1 heterocycles. The standard InChI is InChI=1S/C21H26N2O3S/c24-20(22-17-8-2-1-3-9-17)14-27-15-21(25)23-19-11-5-4-7-16(19)13-18-10-6-12-26-18/h1-3,6,8-10,12,16,19H,4-5,7,11,13-15H2,(H,22,24)(H,23,25)/t16-,19+/m1/s1. The summed E-state index contributed by atoms with van der Waals surface area (Å²) in [7, 11) is 0. The number of furan rings is 1. The van der Waals surface area contributed by atoms with E-state index in [0.717, 1.165) is 37.1 Å². The van der Waals surface area contributed by atoms with E-state index in [1.54, 1.807) is 6.26 Å². The predicted octanol–water partition coefficient (Wildman–Crippen LogP) is 3.87. The molecule has 27 heavy (non-hydrogen) atoms. The molecule has 144 valence electrons. The number of carbonyl (C=O) groups is 2. The average Bonchev–Trinajstić information content (AvgIpc) is 3.17. The van der Waals surface area contributed by atoms with E-state index in [1.165, 1.54) is 18.2 Å². The molecule has 2 amide bonds. The molecule has 3 rings (SSSR count). The van der Waals surface area contributed by atoms with Crippen LogP contribution >= 0.6 is 11.8 Å². The molecule has 2 N–H and O–H groups in total. The van der Waals surface area contributed by atoms with Crippen LogP contribution < -0.4 is 10.6 Å². The number of carbonyl (C=O) groups excluding carboxylic acids is 2. The van der Waals surface area contributed by atoms with Crippen molar-refractivity contribution in [3.05, 3.63) is 54.5 Å². The Labute approximate surface area is 164 Å². The quantitative estimate of drug-likeness (QED) is 0.722. The first-order valence-electron chi connectivity index (χ1n) is 9.45. The molecule has 5 nitrogen and oxygen atoms in total. The van der Waals surface area contributed by atoms with Crippen LogP contribution in [0.5, 0.6) is 0 Å². The Balaban J connectivity index is 1.39. The van der Waals surface area contributed by atoms with E-state index in [0.29, 0.717) is 11.7 Å². The van der Waals surface area contributed by atoms with Crippen LogP contribution in [-0.4, -0.2) is 29.4 Å². The van der Waals surface area contributed by atoms with Gasteiger partial charge >= 0.3 is 0 Å². The van der Waals surface area contributed by atoms with Gasteiger partial charge in [0.15, 0.2) is 0 Å². The average molecular weight is 387 g/mol. The molecule has 1 saturated carbocycles. The van der Waals surface area contributed by atoms with E-state index < -0.39 is 0 Å². The lowest BCUT2D eigenvalue weighted by Crippen LogP contribution is -2.43. The summed E-state index contributed by atoms with van der Waals surface area (Å²) in [4.78, 5) is 24.3. The minimum Gasteiger partial charge on any atom is -0.469 e. The first-order chi connectivity index (χ1) is 13.2. The van der Waals surface area contributed by atoms with Crippen LogP contribution in [0.25, 0.3) is 0 Å². The van der Waals surface area contributed by atoms with E-state index in [-0.39, 0.29) is 23.6 Å². The maximum absolute atomic E-state index is 12.3. The molecule has 1 aromatic heterocycles. The normalized spacial score (nSPS) is 19.4. The molecule has 1 aliphatic carbocycles. The van der Waals surface area contributed by atoms with Gasteiger partial charge in [0.2, 0.25) is 11.8 Å². The van der Waals surface area contributed by atoms with Crippen molar-refractivity contribution in [2.75, 3.05) is 16.8 Å². The van der Waals surface area contributed by atoms with Crippen LogP contribution in [0.4, 0.5) is 5.69 Å². The van der Waals surface area contributed by atoms with E-state index in [1.807, 2.05) is 42.5 Å². The van der Waals surface area contributed by atoms with Crippen molar-refractivity contribution in [2.24, 2.45) is 5.92 Å². The van der Waals surface area contributed by atoms with E-state index >= 15 is 0 Å². The highest BCUT2D eigenvalue weighted by molar-refractivity contribution is 8.00. The summed E-state index contributed by atoms with van der Waals surface area (Å²) in [5, 5.41) is 6.00. The van der Waals surface area contributed by atoms with Crippen molar-refractivity contribution in [2.45, 2.75) is 38.1 Å². The number of benzene rings is 1. The molecule has 1 fully saturated rings. The number of nitrogens with one attached hydrogen (secondary N) is 2. The van der Waals surface area contributed by atoms with Gasteiger partial charge in [-0.15, -0.1) is 11.8 Å². The number of rotatable bonds is 8. The van der Waals surface area contributed by atoms with Crippen molar-refractivity contribution in [1.29, 1.82) is 0 Å². The molecule has 6 heteroatoms. The van der Waals surface area contributed by atoms with E-state index in [9.17, 15) is 9.59 Å². The number of thioether (sulfide) groups is 1. The van der Waals surface area contributed by atoms with Crippen LogP contribution in [0.15, 0.2) is 53.1 Å². The molecule has 0 aliphatic heterocycles. The molecule has 1 aromatic carbocycles. The van der Waals surface area contributed by atoms with Gasteiger partial charge in [-0.25, -0.2) is 0 Å². The smallest absolute Gasteiger partial charge is 0.234 e. The minimum atomic E-state index is -0.0904. The Hall–Kier alpha value is -2.21. The molecule has 0 unspecified atom stereocenters. The maximum Gasteiger partial charge on any atom is 0.234 e. The maximum atomic E-state index is 12.3. The highest BCUT2D eigenvalue weighted by Crippen LogP contribution is 2.28. The van der Waals surface area contributed by atoms with Gasteiger partial charge in [0.25, 0.3) is 0 Å². The molecule has 2 atom stereocenters. The van der Waals surface area contributed by atoms with Gasteiger partial charge in [0, 0.05) is 18.2 Å². The number of hydrogen-bond acceptors (Lipinski definition) is 4. The van der Waals surface area contributed by atoms with Crippen LogP contribution in [0.1, 0.15) is 31.4 Å². The fraction of sp³-hybridized carbons (Fsp3) is 0.429. The summed E-state index contributed by atoms with van der Waals surface area (Å²) in [5.41, 5.74) is 0.774. The highest BCUT2D eigenvalue weighted by Gasteiger charge is 2.27. The third kappa shape index (κ3) is 6.47. The number of hydrogen-bond donors (Lipinski definition) is 2. The number of para-hydroxylation sites is 1. The Bertz CT molecular complexity index is 718. The molecule has 2 aromatic rings. The van der Waals surface area contributed by atoms with Crippen molar-refractivity contribution in [3.8, 4) is 0 Å². The van der Waals surface area contributed by atoms with E-state index in [2.05, 4.69) is 10.6 Å². The van der Waals surface area contributed by atoms with Crippen molar-refractivity contribution >= 4 is 29.3 Å². The minimum absolute atomic E-state index is 0.00357. The third-order valence-corrected chi connectivity index (χ3v) is 5.76. The molecular weight excluding hydrogens is 360 g/mol. The monoisotopic (exact) mass is 386 g/mol. The van der Waals surface area contributed by atoms with Gasteiger partial charge in [-0.1, -0.05) is 31.0 Å². The fourth-order valence-corrected chi connectivity index (χ4v) is 4.16. The Morgan fingerprint density at radius 3 is 2.56 bits per heavy atom. The number of amides is 2. The third-order valence-electron chi connectivity index (χ3n) is 4.82. The Morgan fingerprint density at radius 2 is 1.78 bits per heavy atom. The Kier molecular flexibility index (Phi) is 7.39. The second kappa shape index (κ2) is 10.2. The summed E-state index contributed by atoms with van der Waals surface area (Å²) in [6, 6.07) is 13.4. The summed E-state index contributed by atoms with van der Waals surface area (Å²) >= 11 is 1.34. The fourth-order valence-electron chi connectivity index (χ4n) is 3.53. The van der Waals surface area contributed by atoms with Gasteiger partial charge in [0.1, 0.15) is 5.76 Å². The zero-order valence-corrected chi connectivity index (χ0v) is 16.2. The van der Waals surface area contributed by atoms with Gasteiger partial charge in [-0.3, -0.25) is 9.59 Å². The van der Waals surface area contributed by atoms with Crippen LogP contribution in [0.2, 0.25) is 0 Å². The summed E-state index contributed by atoms with van der Waals surface area (Å²) in [6.45, 7) is 0. The molecule has 0 saturated heterocycles. The van der Waals surface area contributed by atoms with Crippen LogP contribution in [-0.2, 0) is 16.0 Å². The molecule has 0 spiro atoms. The highest BCUT2D eigenvalue weighted by atomic mass is 32.2. The lowest BCUT2D eigenvalue weighted by molar-refractivity contribution is -0.119. The lowest BCUT2D eigenvalue weighted by Gasteiger charge is -2.31. The molecule has 0 radical (unpaired) electrons. The summed E-state index contributed by atoms with van der Waals surface area (Å²) in [5.74, 6) is 1.87. The van der Waals surface area contributed by atoms with E-state index in [4.69, 9.17) is 4.42 Å². The van der Waals surface area contributed by atoms with Gasteiger partial charge in [-0.05, 0) is 43.0 Å². The SMILES string of the molecule is O=C(CSCC(=O)N[C@H]1CCCC[C@@H]1Cc1ccco1)Nc1ccccc1. The Morgan fingerprint density at radius 1 is 1.00 bits per heavy atom.